The van der Waals surface area contributed by atoms with Crippen LogP contribution in [0.1, 0.15) is 18.1 Å². The van der Waals surface area contributed by atoms with Gasteiger partial charge in [0.15, 0.2) is 11.5 Å². The third kappa shape index (κ3) is 4.11. The summed E-state index contributed by atoms with van der Waals surface area (Å²) in [7, 11) is 1.46. The van der Waals surface area contributed by atoms with Crippen molar-refractivity contribution in [3.05, 3.63) is 41.5 Å². The highest BCUT2D eigenvalue weighted by molar-refractivity contribution is 6.01. The van der Waals surface area contributed by atoms with E-state index in [0.29, 0.717) is 29.9 Å². The number of ether oxygens (including phenoxy) is 1. The molecule has 0 atom stereocenters. The van der Waals surface area contributed by atoms with Crippen molar-refractivity contribution in [2.24, 2.45) is 0 Å². The van der Waals surface area contributed by atoms with Crippen molar-refractivity contribution >= 4 is 12.0 Å². The quantitative estimate of drug-likeness (QED) is 0.477. The summed E-state index contributed by atoms with van der Waals surface area (Å²) in [5.41, 5.74) is 1.21. The molecule has 2 N–H and O–H groups in total. The van der Waals surface area contributed by atoms with Crippen LogP contribution in [0.3, 0.4) is 0 Å². The average Bonchev–Trinajstić information content (AvgIpc) is 2.48. The predicted molar refractivity (Wildman–Crippen MR) is 80.8 cm³/mol. The van der Waals surface area contributed by atoms with Gasteiger partial charge in [0.2, 0.25) is 0 Å². The fraction of sp³-hybridized carbons (Fsp3) is 0.250. The molecular formula is C16H18N2O3. The number of carbonyl (C=O) groups excluding carboxylic acids is 1. The summed E-state index contributed by atoms with van der Waals surface area (Å²) in [5, 5.41) is 21.5. The fourth-order valence-electron chi connectivity index (χ4n) is 1.80. The van der Waals surface area contributed by atoms with Gasteiger partial charge in [0.1, 0.15) is 11.6 Å². The molecule has 0 aliphatic rings. The van der Waals surface area contributed by atoms with E-state index in [1.165, 1.54) is 13.1 Å². The molecule has 0 spiro atoms. The number of amides is 1. The molecule has 0 aromatic heterocycles. The van der Waals surface area contributed by atoms with Crippen LogP contribution < -0.4 is 10.1 Å². The first kappa shape index (κ1) is 16.3. The average molecular weight is 286 g/mol. The van der Waals surface area contributed by atoms with Crippen molar-refractivity contribution in [2.45, 2.75) is 13.3 Å². The van der Waals surface area contributed by atoms with Crippen molar-refractivity contribution in [1.29, 1.82) is 5.26 Å². The Bertz CT molecular complexity index is 613. The maximum Gasteiger partial charge on any atom is 0.261 e. The standard InChI is InChI=1S/C16H18N2O3/c1-4-6-12-7-11(8-13(10-17)16(20)18-3)9-14(15(12)19)21-5-2/h4,7-9,19H,1,5-6H2,2-3H3,(H,18,20)/b13-8+. The Morgan fingerprint density at radius 1 is 1.57 bits per heavy atom. The molecular weight excluding hydrogens is 268 g/mol. The minimum Gasteiger partial charge on any atom is -0.504 e. The van der Waals surface area contributed by atoms with Crippen LogP contribution in [0, 0.1) is 11.3 Å². The number of nitrogens with one attached hydrogen (secondary N) is 1. The lowest BCUT2D eigenvalue weighted by Crippen LogP contribution is -2.19. The zero-order chi connectivity index (χ0) is 15.8. The highest BCUT2D eigenvalue weighted by Gasteiger charge is 2.12. The van der Waals surface area contributed by atoms with Crippen LogP contribution in [-0.2, 0) is 11.2 Å². The Morgan fingerprint density at radius 3 is 2.81 bits per heavy atom. The second kappa shape index (κ2) is 7.75. The lowest BCUT2D eigenvalue weighted by molar-refractivity contribution is -0.116. The SMILES string of the molecule is C=CCc1cc(/C=C(\C#N)C(=O)NC)cc(OCC)c1O. The molecule has 5 heteroatoms. The van der Waals surface area contributed by atoms with E-state index in [1.54, 1.807) is 25.1 Å². The number of likely N-dealkylation sites (N-methyl/N-ethyl adjacent to an activating group) is 1. The summed E-state index contributed by atoms with van der Waals surface area (Å²) >= 11 is 0. The molecule has 0 fully saturated rings. The monoisotopic (exact) mass is 286 g/mol. The van der Waals surface area contributed by atoms with Gasteiger partial charge in [0.25, 0.3) is 5.91 Å². The van der Waals surface area contributed by atoms with E-state index in [4.69, 9.17) is 10.00 Å². The highest BCUT2D eigenvalue weighted by atomic mass is 16.5. The van der Waals surface area contributed by atoms with Crippen LogP contribution in [0.2, 0.25) is 0 Å². The summed E-state index contributed by atoms with van der Waals surface area (Å²) in [6.45, 7) is 5.84. The van der Waals surface area contributed by atoms with Gasteiger partial charge >= 0.3 is 0 Å². The molecule has 0 heterocycles. The normalized spacial score (nSPS) is 10.6. The van der Waals surface area contributed by atoms with Gasteiger partial charge in [-0.15, -0.1) is 6.58 Å². The zero-order valence-corrected chi connectivity index (χ0v) is 12.1. The minimum atomic E-state index is -0.464. The number of carbonyl (C=O) groups is 1. The topological polar surface area (TPSA) is 82.4 Å². The van der Waals surface area contributed by atoms with E-state index >= 15 is 0 Å². The molecule has 21 heavy (non-hydrogen) atoms. The first-order chi connectivity index (χ1) is 10.1. The van der Waals surface area contributed by atoms with Gasteiger partial charge in [-0.1, -0.05) is 6.08 Å². The molecule has 0 radical (unpaired) electrons. The highest BCUT2D eigenvalue weighted by Crippen LogP contribution is 2.33. The summed E-state index contributed by atoms with van der Waals surface area (Å²) in [6, 6.07) is 5.13. The van der Waals surface area contributed by atoms with Gasteiger partial charge in [0, 0.05) is 12.6 Å². The Labute approximate surface area is 124 Å². The molecule has 0 saturated carbocycles. The Morgan fingerprint density at radius 2 is 2.29 bits per heavy atom. The molecule has 1 aromatic carbocycles. The number of phenols is 1. The Balaban J connectivity index is 3.35. The number of nitriles is 1. The van der Waals surface area contributed by atoms with Crippen LogP contribution in [0.25, 0.3) is 6.08 Å². The molecule has 0 unspecified atom stereocenters. The van der Waals surface area contributed by atoms with E-state index in [1.807, 2.05) is 6.07 Å². The number of rotatable bonds is 6. The smallest absolute Gasteiger partial charge is 0.261 e. The van der Waals surface area contributed by atoms with Gasteiger partial charge in [-0.3, -0.25) is 4.79 Å². The lowest BCUT2D eigenvalue weighted by atomic mass is 10.0. The van der Waals surface area contributed by atoms with Gasteiger partial charge in [0.05, 0.1) is 6.61 Å². The first-order valence-corrected chi connectivity index (χ1v) is 6.50. The molecule has 5 nitrogen and oxygen atoms in total. The minimum absolute atomic E-state index is 0.0183. The van der Waals surface area contributed by atoms with E-state index in [-0.39, 0.29) is 11.3 Å². The second-order valence-electron chi connectivity index (χ2n) is 4.20. The van der Waals surface area contributed by atoms with Crippen molar-refractivity contribution in [1.82, 2.24) is 5.32 Å². The summed E-state index contributed by atoms with van der Waals surface area (Å²) in [6.07, 6.45) is 3.56. The molecule has 0 aliphatic carbocycles. The molecule has 0 saturated heterocycles. The van der Waals surface area contributed by atoms with Crippen LogP contribution in [-0.4, -0.2) is 24.7 Å². The van der Waals surface area contributed by atoms with E-state index in [0.717, 1.165) is 0 Å². The summed E-state index contributed by atoms with van der Waals surface area (Å²) < 4.78 is 5.37. The summed E-state index contributed by atoms with van der Waals surface area (Å²) in [4.78, 5) is 11.5. The number of phenolic OH excluding ortho intramolecular Hbond substituents is 1. The number of nitrogens with zero attached hydrogens (tertiary/aromatic N) is 1. The maximum atomic E-state index is 11.5. The number of allylic oxidation sites excluding steroid dienone is 1. The molecule has 1 aromatic rings. The lowest BCUT2D eigenvalue weighted by Gasteiger charge is -2.11. The second-order valence-corrected chi connectivity index (χ2v) is 4.20. The van der Waals surface area contributed by atoms with Gasteiger partial charge < -0.3 is 15.2 Å². The van der Waals surface area contributed by atoms with Gasteiger partial charge in [-0.05, 0) is 37.1 Å². The third-order valence-electron chi connectivity index (χ3n) is 2.74. The first-order valence-electron chi connectivity index (χ1n) is 6.50. The van der Waals surface area contributed by atoms with Gasteiger partial charge in [-0.25, -0.2) is 0 Å². The maximum absolute atomic E-state index is 11.5. The molecule has 0 bridgehead atoms. The fourth-order valence-corrected chi connectivity index (χ4v) is 1.80. The number of hydrogen-bond donors (Lipinski definition) is 2. The van der Waals surface area contributed by atoms with Crippen molar-refractivity contribution < 1.29 is 14.6 Å². The van der Waals surface area contributed by atoms with E-state index in [9.17, 15) is 9.90 Å². The van der Waals surface area contributed by atoms with E-state index < -0.39 is 5.91 Å². The van der Waals surface area contributed by atoms with Crippen LogP contribution >= 0.6 is 0 Å². The molecule has 110 valence electrons. The number of hydrogen-bond acceptors (Lipinski definition) is 4. The van der Waals surface area contributed by atoms with E-state index in [2.05, 4.69) is 11.9 Å². The predicted octanol–water partition coefficient (Wildman–Crippen LogP) is 2.17. The molecule has 1 amide bonds. The Hall–Kier alpha value is -2.74. The number of aromatic hydroxyl groups is 1. The largest absolute Gasteiger partial charge is 0.504 e. The van der Waals surface area contributed by atoms with Crippen LogP contribution in [0.4, 0.5) is 0 Å². The van der Waals surface area contributed by atoms with Gasteiger partial charge in [-0.2, -0.15) is 5.26 Å². The van der Waals surface area contributed by atoms with Crippen molar-refractivity contribution in [3.63, 3.8) is 0 Å². The van der Waals surface area contributed by atoms with Crippen LogP contribution in [0.15, 0.2) is 30.4 Å². The molecule has 1 rings (SSSR count). The molecule has 0 aliphatic heterocycles. The number of benzene rings is 1. The van der Waals surface area contributed by atoms with Crippen LogP contribution in [0.5, 0.6) is 11.5 Å². The zero-order valence-electron chi connectivity index (χ0n) is 12.1. The Kier molecular flexibility index (Phi) is 6.02. The third-order valence-corrected chi connectivity index (χ3v) is 2.74. The van der Waals surface area contributed by atoms with Crippen molar-refractivity contribution in [2.75, 3.05) is 13.7 Å². The van der Waals surface area contributed by atoms with Crippen molar-refractivity contribution in [3.8, 4) is 17.6 Å². The summed E-state index contributed by atoms with van der Waals surface area (Å²) in [5.74, 6) is -0.0987.